The van der Waals surface area contributed by atoms with Crippen molar-refractivity contribution < 1.29 is 9.90 Å². The van der Waals surface area contributed by atoms with E-state index < -0.39 is 6.10 Å². The molecule has 1 amide bonds. The lowest BCUT2D eigenvalue weighted by Gasteiger charge is -2.16. The number of aliphatic hydroxyl groups is 1. The van der Waals surface area contributed by atoms with Crippen LogP contribution in [-0.2, 0) is 0 Å². The second-order valence-electron chi connectivity index (χ2n) is 8.09. The Labute approximate surface area is 180 Å². The molecule has 0 spiro atoms. The van der Waals surface area contributed by atoms with Gasteiger partial charge in [0.1, 0.15) is 0 Å². The molecular weight excluding hydrogens is 398 g/mol. The van der Waals surface area contributed by atoms with Gasteiger partial charge in [0.05, 0.1) is 6.10 Å². The van der Waals surface area contributed by atoms with Crippen LogP contribution >= 0.6 is 11.6 Å². The van der Waals surface area contributed by atoms with Gasteiger partial charge in [-0.25, -0.2) is 0 Å². The maximum absolute atomic E-state index is 12.7. The summed E-state index contributed by atoms with van der Waals surface area (Å²) in [5.74, 6) is 0.494. The molecule has 3 aromatic rings. The van der Waals surface area contributed by atoms with Crippen LogP contribution in [0.15, 0.2) is 55.0 Å². The van der Waals surface area contributed by atoms with Gasteiger partial charge < -0.3 is 10.0 Å². The Morgan fingerprint density at radius 2 is 1.87 bits per heavy atom. The van der Waals surface area contributed by atoms with Gasteiger partial charge in [-0.15, -0.1) is 0 Å². The van der Waals surface area contributed by atoms with Crippen molar-refractivity contribution in [2.24, 2.45) is 0 Å². The highest BCUT2D eigenvalue weighted by molar-refractivity contribution is 6.33. The van der Waals surface area contributed by atoms with Gasteiger partial charge in [0, 0.05) is 70.6 Å². The molecule has 152 valence electrons. The number of halogens is 1. The zero-order valence-corrected chi connectivity index (χ0v) is 17.2. The number of hydrogen-bond acceptors (Lipinski definition) is 4. The second-order valence-corrected chi connectivity index (χ2v) is 8.50. The Balaban J connectivity index is 1.42. The first-order valence-corrected chi connectivity index (χ1v) is 10.6. The van der Waals surface area contributed by atoms with E-state index in [9.17, 15) is 9.90 Å². The molecule has 1 aliphatic carbocycles. The first-order chi connectivity index (χ1) is 14.6. The van der Waals surface area contributed by atoms with Gasteiger partial charge in [0.2, 0.25) is 0 Å². The average Bonchev–Trinajstić information content (AvgIpc) is 3.54. The molecule has 1 atom stereocenters. The van der Waals surface area contributed by atoms with E-state index in [1.54, 1.807) is 23.2 Å². The number of benzene rings is 1. The Morgan fingerprint density at radius 3 is 2.60 bits per heavy atom. The van der Waals surface area contributed by atoms with Gasteiger partial charge in [0.15, 0.2) is 0 Å². The van der Waals surface area contributed by atoms with E-state index in [0.29, 0.717) is 36.0 Å². The predicted molar refractivity (Wildman–Crippen MR) is 116 cm³/mol. The first-order valence-electron chi connectivity index (χ1n) is 10.3. The van der Waals surface area contributed by atoms with Crippen LogP contribution in [0, 0.1) is 0 Å². The third-order valence-corrected chi connectivity index (χ3v) is 6.14. The van der Waals surface area contributed by atoms with Gasteiger partial charge >= 0.3 is 0 Å². The SMILES string of the molecule is O=C(c1ccc(-c2cncc(-c3ccnc(C4CC4)c3)c2)c(Cl)c1)N1CC[C@H](O)C1. The summed E-state index contributed by atoms with van der Waals surface area (Å²) < 4.78 is 0. The van der Waals surface area contributed by atoms with Crippen molar-refractivity contribution in [1.29, 1.82) is 0 Å². The number of amides is 1. The molecule has 5 rings (SSSR count). The fraction of sp³-hybridized carbons (Fsp3) is 0.292. The molecule has 6 heteroatoms. The molecule has 2 aromatic heterocycles. The molecular formula is C24H22ClN3O2. The summed E-state index contributed by atoms with van der Waals surface area (Å²) in [6.45, 7) is 0.944. The Hall–Kier alpha value is -2.76. The quantitative estimate of drug-likeness (QED) is 0.673. The number of carbonyl (C=O) groups is 1. The summed E-state index contributed by atoms with van der Waals surface area (Å²) in [7, 11) is 0. The fourth-order valence-corrected chi connectivity index (χ4v) is 4.26. The van der Waals surface area contributed by atoms with Crippen LogP contribution in [0.25, 0.3) is 22.3 Å². The van der Waals surface area contributed by atoms with Crippen molar-refractivity contribution >= 4 is 17.5 Å². The van der Waals surface area contributed by atoms with E-state index in [4.69, 9.17) is 11.6 Å². The number of likely N-dealkylation sites (tertiary alicyclic amines) is 1. The molecule has 1 saturated carbocycles. The largest absolute Gasteiger partial charge is 0.391 e. The van der Waals surface area contributed by atoms with Crippen LogP contribution in [-0.4, -0.2) is 45.1 Å². The first kappa shape index (κ1) is 19.2. The zero-order chi connectivity index (χ0) is 20.7. The molecule has 1 N–H and O–H groups in total. The number of aliphatic hydroxyl groups excluding tert-OH is 1. The van der Waals surface area contributed by atoms with E-state index in [0.717, 1.165) is 27.9 Å². The van der Waals surface area contributed by atoms with Crippen molar-refractivity contribution in [3.63, 3.8) is 0 Å². The summed E-state index contributed by atoms with van der Waals surface area (Å²) in [6.07, 6.45) is 8.10. The Bertz CT molecular complexity index is 1110. The fourth-order valence-electron chi connectivity index (χ4n) is 3.97. The van der Waals surface area contributed by atoms with Gasteiger partial charge in [-0.1, -0.05) is 17.7 Å². The highest BCUT2D eigenvalue weighted by Gasteiger charge is 2.26. The van der Waals surface area contributed by atoms with Crippen molar-refractivity contribution in [3.8, 4) is 22.3 Å². The predicted octanol–water partition coefficient (Wildman–Crippen LogP) is 4.55. The third-order valence-electron chi connectivity index (χ3n) is 5.83. The van der Waals surface area contributed by atoms with Crippen molar-refractivity contribution in [3.05, 3.63) is 71.3 Å². The summed E-state index contributed by atoms with van der Waals surface area (Å²) >= 11 is 6.56. The molecule has 2 aliphatic rings. The topological polar surface area (TPSA) is 66.3 Å². The van der Waals surface area contributed by atoms with Gasteiger partial charge in [-0.3, -0.25) is 14.8 Å². The van der Waals surface area contributed by atoms with E-state index in [-0.39, 0.29) is 5.91 Å². The standard InChI is InChI=1S/C24H22ClN3O2/c25-22-10-17(24(30)28-8-6-20(29)14-28)3-4-21(22)19-9-18(12-26-13-19)16-5-7-27-23(11-16)15-1-2-15/h3-5,7,9-13,15,20,29H,1-2,6,8,14H2/t20-/m0/s1. The third kappa shape index (κ3) is 3.83. The van der Waals surface area contributed by atoms with Crippen molar-refractivity contribution in [2.75, 3.05) is 13.1 Å². The number of rotatable bonds is 4. The van der Waals surface area contributed by atoms with Crippen LogP contribution in [0.5, 0.6) is 0 Å². The summed E-state index contributed by atoms with van der Waals surface area (Å²) in [4.78, 5) is 23.2. The monoisotopic (exact) mass is 419 g/mol. The summed E-state index contributed by atoms with van der Waals surface area (Å²) in [5.41, 5.74) is 5.52. The normalized spacial score (nSPS) is 18.6. The molecule has 0 bridgehead atoms. The molecule has 2 fully saturated rings. The number of hydrogen-bond donors (Lipinski definition) is 1. The molecule has 5 nitrogen and oxygen atoms in total. The highest BCUT2D eigenvalue weighted by Crippen LogP contribution is 2.40. The van der Waals surface area contributed by atoms with E-state index >= 15 is 0 Å². The lowest BCUT2D eigenvalue weighted by Crippen LogP contribution is -2.29. The van der Waals surface area contributed by atoms with Gasteiger partial charge in [0.25, 0.3) is 5.91 Å². The van der Waals surface area contributed by atoms with E-state index in [2.05, 4.69) is 22.1 Å². The molecule has 3 heterocycles. The highest BCUT2D eigenvalue weighted by atomic mass is 35.5. The summed E-state index contributed by atoms with van der Waals surface area (Å²) in [5, 5.41) is 10.2. The minimum atomic E-state index is -0.439. The smallest absolute Gasteiger partial charge is 0.253 e. The maximum Gasteiger partial charge on any atom is 0.253 e. The zero-order valence-electron chi connectivity index (χ0n) is 16.5. The van der Waals surface area contributed by atoms with Gasteiger partial charge in [-0.05, 0) is 55.2 Å². The van der Waals surface area contributed by atoms with Crippen LogP contribution in [0.1, 0.15) is 41.2 Å². The number of pyridine rings is 2. The Kier molecular flexibility index (Phi) is 5.01. The molecule has 1 aliphatic heterocycles. The van der Waals surface area contributed by atoms with E-state index in [1.165, 1.54) is 12.8 Å². The number of aromatic nitrogens is 2. The minimum Gasteiger partial charge on any atom is -0.391 e. The molecule has 30 heavy (non-hydrogen) atoms. The van der Waals surface area contributed by atoms with Crippen LogP contribution in [0.3, 0.4) is 0 Å². The summed E-state index contributed by atoms with van der Waals surface area (Å²) in [6, 6.07) is 11.6. The number of nitrogens with zero attached hydrogens (tertiary/aromatic N) is 3. The number of β-amino-alcohol motifs (C(OH)–C–C–N with tert-alkyl or cyclic N) is 1. The number of carbonyl (C=O) groups excluding carboxylic acids is 1. The maximum atomic E-state index is 12.7. The Morgan fingerprint density at radius 1 is 1.03 bits per heavy atom. The van der Waals surface area contributed by atoms with Crippen molar-refractivity contribution in [2.45, 2.75) is 31.3 Å². The molecule has 0 radical (unpaired) electrons. The van der Waals surface area contributed by atoms with Crippen LogP contribution in [0.4, 0.5) is 0 Å². The molecule has 0 unspecified atom stereocenters. The van der Waals surface area contributed by atoms with Crippen LogP contribution in [0.2, 0.25) is 5.02 Å². The minimum absolute atomic E-state index is 0.101. The van der Waals surface area contributed by atoms with Crippen molar-refractivity contribution in [1.82, 2.24) is 14.9 Å². The van der Waals surface area contributed by atoms with E-state index in [1.807, 2.05) is 24.5 Å². The van der Waals surface area contributed by atoms with Gasteiger partial charge in [-0.2, -0.15) is 0 Å². The average molecular weight is 420 g/mol. The van der Waals surface area contributed by atoms with Crippen LogP contribution < -0.4 is 0 Å². The molecule has 1 aromatic carbocycles. The second kappa shape index (κ2) is 7.82. The lowest BCUT2D eigenvalue weighted by atomic mass is 10.0. The molecule has 1 saturated heterocycles. The lowest BCUT2D eigenvalue weighted by molar-refractivity contribution is 0.0765.